The lowest BCUT2D eigenvalue weighted by Crippen LogP contribution is -2.18. The van der Waals surface area contributed by atoms with Crippen molar-refractivity contribution < 1.29 is 13.6 Å². The quantitative estimate of drug-likeness (QED) is 0.887. The number of rotatable bonds is 2. The van der Waals surface area contributed by atoms with Gasteiger partial charge in [0.25, 0.3) is 5.91 Å². The average Bonchev–Trinajstić information content (AvgIpc) is 2.59. The molecule has 1 amide bonds. The fourth-order valence-electron chi connectivity index (χ4n) is 1.54. The van der Waals surface area contributed by atoms with Gasteiger partial charge in [-0.05, 0) is 12.1 Å². The van der Waals surface area contributed by atoms with Gasteiger partial charge < -0.3 is 11.1 Å². The molecule has 1 aromatic heterocycles. The topological polar surface area (TPSA) is 72.9 Å². The van der Waals surface area contributed by atoms with Gasteiger partial charge in [-0.3, -0.25) is 9.48 Å². The Labute approximate surface area is 115 Å². The standard InChI is InChI=1S/C11H9BrF2N4O/c1-18-10(8(15)4-16-18)17-11(19)9-6(13)2-5(12)3-7(9)14/h2-4H,15H2,1H3,(H,17,19). The molecule has 19 heavy (non-hydrogen) atoms. The Bertz CT molecular complexity index is 614. The summed E-state index contributed by atoms with van der Waals surface area (Å²) in [5.41, 5.74) is 5.10. The molecule has 0 saturated heterocycles. The molecule has 2 rings (SSSR count). The number of nitrogens with zero attached hydrogens (tertiary/aromatic N) is 2. The lowest BCUT2D eigenvalue weighted by Gasteiger charge is -2.08. The van der Waals surface area contributed by atoms with Crippen LogP contribution in [0, 0.1) is 11.6 Å². The molecule has 0 bridgehead atoms. The number of anilines is 2. The number of nitrogens with one attached hydrogen (secondary N) is 1. The molecule has 2 aromatic rings. The predicted octanol–water partition coefficient (Wildman–Crippen LogP) is 2.30. The van der Waals surface area contributed by atoms with Crippen LogP contribution in [0.25, 0.3) is 0 Å². The minimum atomic E-state index is -0.967. The molecule has 8 heteroatoms. The van der Waals surface area contributed by atoms with Crippen LogP contribution in [0.3, 0.4) is 0 Å². The molecule has 0 aliphatic carbocycles. The van der Waals surface area contributed by atoms with Crippen molar-refractivity contribution >= 4 is 33.3 Å². The fraction of sp³-hybridized carbons (Fsp3) is 0.0909. The van der Waals surface area contributed by atoms with Gasteiger partial charge in [0, 0.05) is 11.5 Å². The molecule has 0 atom stereocenters. The molecule has 1 aromatic carbocycles. The molecule has 5 nitrogen and oxygen atoms in total. The van der Waals surface area contributed by atoms with Gasteiger partial charge in [0.2, 0.25) is 0 Å². The van der Waals surface area contributed by atoms with E-state index in [1.165, 1.54) is 10.9 Å². The SMILES string of the molecule is Cn1ncc(N)c1NC(=O)c1c(F)cc(Br)cc1F. The number of aryl methyl sites for hydroxylation is 1. The first-order chi connectivity index (χ1) is 8.90. The second kappa shape index (κ2) is 4.96. The van der Waals surface area contributed by atoms with Crippen molar-refractivity contribution in [1.29, 1.82) is 0 Å². The summed E-state index contributed by atoms with van der Waals surface area (Å²) in [4.78, 5) is 11.9. The van der Waals surface area contributed by atoms with Crippen LogP contribution >= 0.6 is 15.9 Å². The minimum Gasteiger partial charge on any atom is -0.394 e. The van der Waals surface area contributed by atoms with Gasteiger partial charge in [-0.1, -0.05) is 15.9 Å². The highest BCUT2D eigenvalue weighted by Gasteiger charge is 2.20. The normalized spacial score (nSPS) is 10.5. The van der Waals surface area contributed by atoms with Crippen molar-refractivity contribution in [2.24, 2.45) is 7.05 Å². The minimum absolute atomic E-state index is 0.173. The van der Waals surface area contributed by atoms with Crippen LogP contribution < -0.4 is 11.1 Å². The Kier molecular flexibility index (Phi) is 3.52. The first kappa shape index (κ1) is 13.5. The lowest BCUT2D eigenvalue weighted by molar-refractivity contribution is 0.101. The number of nitrogen functional groups attached to an aromatic ring is 1. The van der Waals surface area contributed by atoms with Gasteiger partial charge >= 0.3 is 0 Å². The number of hydrogen-bond donors (Lipinski definition) is 2. The van der Waals surface area contributed by atoms with Crippen LogP contribution in [0.5, 0.6) is 0 Å². The van der Waals surface area contributed by atoms with Crippen molar-refractivity contribution in [2.75, 3.05) is 11.1 Å². The molecule has 0 spiro atoms. The van der Waals surface area contributed by atoms with Gasteiger partial charge in [-0.15, -0.1) is 0 Å². The number of halogens is 3. The smallest absolute Gasteiger partial charge is 0.262 e. The highest BCUT2D eigenvalue weighted by Crippen LogP contribution is 2.22. The van der Waals surface area contributed by atoms with Crippen molar-refractivity contribution in [1.82, 2.24) is 9.78 Å². The molecule has 0 aliphatic rings. The summed E-state index contributed by atoms with van der Waals surface area (Å²) in [6, 6.07) is 2.01. The molecular formula is C11H9BrF2N4O. The molecule has 3 N–H and O–H groups in total. The number of carbonyl (C=O) groups is 1. The monoisotopic (exact) mass is 330 g/mol. The summed E-state index contributed by atoms with van der Waals surface area (Å²) in [5.74, 6) is -2.69. The maximum absolute atomic E-state index is 13.6. The molecule has 100 valence electrons. The fourth-order valence-corrected chi connectivity index (χ4v) is 1.94. The van der Waals surface area contributed by atoms with Gasteiger partial charge in [-0.2, -0.15) is 5.10 Å². The third kappa shape index (κ3) is 2.58. The third-order valence-corrected chi connectivity index (χ3v) is 2.89. The second-order valence-corrected chi connectivity index (χ2v) is 4.69. The van der Waals surface area contributed by atoms with Gasteiger partial charge in [0.1, 0.15) is 17.2 Å². The Morgan fingerprint density at radius 2 is 2.00 bits per heavy atom. The number of aromatic nitrogens is 2. The van der Waals surface area contributed by atoms with E-state index in [-0.39, 0.29) is 16.0 Å². The van der Waals surface area contributed by atoms with E-state index in [2.05, 4.69) is 26.3 Å². The number of nitrogens with two attached hydrogens (primary N) is 1. The summed E-state index contributed by atoms with van der Waals surface area (Å²) in [6.07, 6.45) is 1.32. The summed E-state index contributed by atoms with van der Waals surface area (Å²) >= 11 is 2.93. The molecule has 0 unspecified atom stereocenters. The highest BCUT2D eigenvalue weighted by atomic mass is 79.9. The van der Waals surface area contributed by atoms with Gasteiger partial charge in [0.15, 0.2) is 5.82 Å². The van der Waals surface area contributed by atoms with Crippen LogP contribution in [0.15, 0.2) is 22.8 Å². The van der Waals surface area contributed by atoms with Crippen molar-refractivity contribution in [3.8, 4) is 0 Å². The van der Waals surface area contributed by atoms with E-state index in [1.807, 2.05) is 0 Å². The van der Waals surface area contributed by atoms with E-state index in [0.29, 0.717) is 0 Å². The van der Waals surface area contributed by atoms with E-state index in [4.69, 9.17) is 5.73 Å². The van der Waals surface area contributed by atoms with Crippen molar-refractivity contribution in [2.45, 2.75) is 0 Å². The first-order valence-corrected chi connectivity index (χ1v) is 5.93. The number of carbonyl (C=O) groups excluding carboxylic acids is 1. The maximum Gasteiger partial charge on any atom is 0.262 e. The lowest BCUT2D eigenvalue weighted by atomic mass is 10.2. The van der Waals surface area contributed by atoms with Gasteiger partial charge in [-0.25, -0.2) is 8.78 Å². The highest BCUT2D eigenvalue weighted by molar-refractivity contribution is 9.10. The molecule has 1 heterocycles. The van der Waals surface area contributed by atoms with E-state index in [1.54, 1.807) is 7.05 Å². The van der Waals surface area contributed by atoms with Crippen molar-refractivity contribution in [3.63, 3.8) is 0 Å². The Balaban J connectivity index is 2.36. The Hall–Kier alpha value is -1.96. The molecule has 0 fully saturated rings. The largest absolute Gasteiger partial charge is 0.394 e. The first-order valence-electron chi connectivity index (χ1n) is 5.13. The summed E-state index contributed by atoms with van der Waals surface area (Å²) in [5, 5.41) is 6.12. The van der Waals surface area contributed by atoms with E-state index in [9.17, 15) is 13.6 Å². The second-order valence-electron chi connectivity index (χ2n) is 3.77. The summed E-state index contributed by atoms with van der Waals surface area (Å²) < 4.78 is 28.7. The molecule has 0 aliphatic heterocycles. The van der Waals surface area contributed by atoms with E-state index >= 15 is 0 Å². The van der Waals surface area contributed by atoms with E-state index in [0.717, 1.165) is 12.1 Å². The van der Waals surface area contributed by atoms with Crippen LogP contribution in [0.1, 0.15) is 10.4 Å². The third-order valence-electron chi connectivity index (χ3n) is 2.43. The molecular weight excluding hydrogens is 322 g/mol. The average molecular weight is 331 g/mol. The number of amides is 1. The Morgan fingerprint density at radius 1 is 1.42 bits per heavy atom. The number of benzene rings is 1. The maximum atomic E-state index is 13.6. The summed E-state index contributed by atoms with van der Waals surface area (Å²) in [7, 11) is 1.54. The van der Waals surface area contributed by atoms with E-state index < -0.39 is 23.1 Å². The zero-order chi connectivity index (χ0) is 14.2. The molecule has 0 saturated carbocycles. The summed E-state index contributed by atoms with van der Waals surface area (Å²) in [6.45, 7) is 0. The zero-order valence-corrected chi connectivity index (χ0v) is 11.3. The van der Waals surface area contributed by atoms with Crippen LogP contribution in [0.2, 0.25) is 0 Å². The molecule has 0 radical (unpaired) electrons. The Morgan fingerprint density at radius 3 is 2.47 bits per heavy atom. The zero-order valence-electron chi connectivity index (χ0n) is 9.75. The van der Waals surface area contributed by atoms with Crippen LogP contribution in [-0.2, 0) is 7.05 Å². The van der Waals surface area contributed by atoms with Crippen molar-refractivity contribution in [3.05, 3.63) is 40.0 Å². The van der Waals surface area contributed by atoms with Crippen LogP contribution in [0.4, 0.5) is 20.3 Å². The number of hydrogen-bond acceptors (Lipinski definition) is 3. The van der Waals surface area contributed by atoms with Crippen LogP contribution in [-0.4, -0.2) is 15.7 Å². The van der Waals surface area contributed by atoms with Gasteiger partial charge in [0.05, 0.1) is 11.9 Å². The predicted molar refractivity (Wildman–Crippen MR) is 69.6 cm³/mol.